The number of hydrogen-bond acceptors (Lipinski definition) is 2. The zero-order chi connectivity index (χ0) is 10.8. The molecule has 0 spiro atoms. The maximum Gasteiger partial charge on any atom is 0.150 e. The van der Waals surface area contributed by atoms with E-state index in [9.17, 15) is 4.79 Å². The first kappa shape index (κ1) is 10.2. The van der Waals surface area contributed by atoms with Crippen molar-refractivity contribution in [2.75, 3.05) is 18.0 Å². The Balaban J connectivity index is 2.25. The molecule has 0 saturated carbocycles. The lowest BCUT2D eigenvalue weighted by molar-refractivity contribution is 0.112. The molecule has 1 aromatic rings. The van der Waals surface area contributed by atoms with Crippen LogP contribution in [-0.2, 0) is 0 Å². The average molecular weight is 203 g/mol. The van der Waals surface area contributed by atoms with E-state index in [1.54, 1.807) is 0 Å². The van der Waals surface area contributed by atoms with Gasteiger partial charge in [-0.2, -0.15) is 0 Å². The van der Waals surface area contributed by atoms with Crippen molar-refractivity contribution < 1.29 is 4.79 Å². The first-order chi connectivity index (χ1) is 7.20. The largest absolute Gasteiger partial charge is 0.371 e. The second kappa shape index (κ2) is 4.05. The van der Waals surface area contributed by atoms with Crippen LogP contribution >= 0.6 is 0 Å². The number of nitrogens with zero attached hydrogens (tertiary/aromatic N) is 1. The van der Waals surface area contributed by atoms with Crippen LogP contribution in [0.4, 0.5) is 5.69 Å². The van der Waals surface area contributed by atoms with Gasteiger partial charge >= 0.3 is 0 Å². The molecule has 0 N–H and O–H groups in total. The van der Waals surface area contributed by atoms with Crippen LogP contribution in [0.5, 0.6) is 0 Å². The van der Waals surface area contributed by atoms with E-state index < -0.39 is 0 Å². The smallest absolute Gasteiger partial charge is 0.150 e. The summed E-state index contributed by atoms with van der Waals surface area (Å²) in [4.78, 5) is 13.0. The Bertz CT molecular complexity index is 373. The number of hydrogen-bond donors (Lipinski definition) is 0. The van der Waals surface area contributed by atoms with Crippen LogP contribution in [0.3, 0.4) is 0 Å². The van der Waals surface area contributed by atoms with Crippen LogP contribution in [0.15, 0.2) is 18.2 Å². The third-order valence-corrected chi connectivity index (χ3v) is 3.12. The van der Waals surface area contributed by atoms with Gasteiger partial charge in [-0.25, -0.2) is 0 Å². The minimum Gasteiger partial charge on any atom is -0.371 e. The van der Waals surface area contributed by atoms with Gasteiger partial charge < -0.3 is 4.90 Å². The van der Waals surface area contributed by atoms with Crippen LogP contribution in [0.1, 0.15) is 29.3 Å². The summed E-state index contributed by atoms with van der Waals surface area (Å²) in [7, 11) is 0. The fraction of sp³-hybridized carbons (Fsp3) is 0.462. The van der Waals surface area contributed by atoms with Gasteiger partial charge in [-0.05, 0) is 43.0 Å². The van der Waals surface area contributed by atoms with Crippen LogP contribution in [0.2, 0.25) is 0 Å². The highest BCUT2D eigenvalue weighted by Crippen LogP contribution is 2.26. The van der Waals surface area contributed by atoms with Gasteiger partial charge in [0, 0.05) is 24.3 Å². The van der Waals surface area contributed by atoms with Gasteiger partial charge in [0.1, 0.15) is 6.29 Å². The molecule has 80 valence electrons. The molecule has 0 bridgehead atoms. The predicted octanol–water partition coefficient (Wildman–Crippen LogP) is 2.65. The Morgan fingerprint density at radius 3 is 2.80 bits per heavy atom. The molecule has 1 atom stereocenters. The van der Waals surface area contributed by atoms with Crippen molar-refractivity contribution in [3.63, 3.8) is 0 Å². The lowest BCUT2D eigenvalue weighted by Crippen LogP contribution is -2.19. The topological polar surface area (TPSA) is 20.3 Å². The SMILES string of the molecule is Cc1cc(C=O)ccc1N1CCC(C)C1. The number of benzene rings is 1. The molecule has 1 unspecified atom stereocenters. The van der Waals surface area contributed by atoms with Crippen molar-refractivity contribution in [2.45, 2.75) is 20.3 Å². The molecule has 0 aliphatic carbocycles. The van der Waals surface area contributed by atoms with Gasteiger partial charge in [-0.3, -0.25) is 4.79 Å². The van der Waals surface area contributed by atoms with Crippen molar-refractivity contribution in [1.29, 1.82) is 0 Å². The van der Waals surface area contributed by atoms with Crippen molar-refractivity contribution in [1.82, 2.24) is 0 Å². The van der Waals surface area contributed by atoms with E-state index in [1.807, 2.05) is 12.1 Å². The quantitative estimate of drug-likeness (QED) is 0.689. The Labute approximate surface area is 90.9 Å². The summed E-state index contributed by atoms with van der Waals surface area (Å²) in [5.41, 5.74) is 3.25. The first-order valence-electron chi connectivity index (χ1n) is 5.51. The molecule has 1 aromatic carbocycles. The summed E-state index contributed by atoms with van der Waals surface area (Å²) in [5, 5.41) is 0. The highest BCUT2D eigenvalue weighted by Gasteiger charge is 2.19. The molecule has 0 radical (unpaired) electrons. The number of carbonyl (C=O) groups excluding carboxylic acids is 1. The second-order valence-corrected chi connectivity index (χ2v) is 4.50. The van der Waals surface area contributed by atoms with Crippen molar-refractivity contribution in [3.05, 3.63) is 29.3 Å². The van der Waals surface area contributed by atoms with Crippen molar-refractivity contribution in [2.24, 2.45) is 5.92 Å². The van der Waals surface area contributed by atoms with Gasteiger partial charge in [-0.15, -0.1) is 0 Å². The van der Waals surface area contributed by atoms with E-state index in [4.69, 9.17) is 0 Å². The zero-order valence-electron chi connectivity index (χ0n) is 9.36. The number of anilines is 1. The minimum absolute atomic E-state index is 0.767. The molecule has 0 amide bonds. The lowest BCUT2D eigenvalue weighted by atomic mass is 10.1. The molecule has 1 heterocycles. The molecule has 2 heteroatoms. The van der Waals surface area contributed by atoms with E-state index >= 15 is 0 Å². The predicted molar refractivity (Wildman–Crippen MR) is 62.6 cm³/mol. The number of rotatable bonds is 2. The summed E-state index contributed by atoms with van der Waals surface area (Å²) in [6, 6.07) is 5.93. The number of carbonyl (C=O) groups is 1. The molecule has 2 rings (SSSR count). The van der Waals surface area contributed by atoms with Gasteiger partial charge in [-0.1, -0.05) is 6.92 Å². The monoisotopic (exact) mass is 203 g/mol. The number of aldehydes is 1. The van der Waals surface area contributed by atoms with Crippen LogP contribution < -0.4 is 4.90 Å². The lowest BCUT2D eigenvalue weighted by Gasteiger charge is -2.20. The highest BCUT2D eigenvalue weighted by molar-refractivity contribution is 5.77. The zero-order valence-corrected chi connectivity index (χ0v) is 9.36. The van der Waals surface area contributed by atoms with Gasteiger partial charge in [0.2, 0.25) is 0 Å². The first-order valence-corrected chi connectivity index (χ1v) is 5.51. The molecular weight excluding hydrogens is 186 g/mol. The molecule has 1 saturated heterocycles. The average Bonchev–Trinajstić information content (AvgIpc) is 2.64. The summed E-state index contributed by atoms with van der Waals surface area (Å²) in [5.74, 6) is 0.787. The van der Waals surface area contributed by atoms with Crippen LogP contribution in [0, 0.1) is 12.8 Å². The molecule has 1 aliphatic rings. The third kappa shape index (κ3) is 2.04. The van der Waals surface area contributed by atoms with E-state index in [1.165, 1.54) is 17.7 Å². The number of aryl methyl sites for hydroxylation is 1. The summed E-state index contributed by atoms with van der Waals surface area (Å²) >= 11 is 0. The second-order valence-electron chi connectivity index (χ2n) is 4.50. The van der Waals surface area contributed by atoms with E-state index in [-0.39, 0.29) is 0 Å². The van der Waals surface area contributed by atoms with Crippen molar-refractivity contribution in [3.8, 4) is 0 Å². The molecule has 2 nitrogen and oxygen atoms in total. The fourth-order valence-corrected chi connectivity index (χ4v) is 2.26. The standard InChI is InChI=1S/C13H17NO/c1-10-5-6-14(8-10)13-4-3-12(9-15)7-11(13)2/h3-4,7,9-10H,5-6,8H2,1-2H3. The van der Waals surface area contributed by atoms with E-state index in [2.05, 4.69) is 24.8 Å². The van der Waals surface area contributed by atoms with Crippen molar-refractivity contribution >= 4 is 12.0 Å². The molecular formula is C13H17NO. The Kier molecular flexibility index (Phi) is 2.76. The van der Waals surface area contributed by atoms with Gasteiger partial charge in [0.05, 0.1) is 0 Å². The Hall–Kier alpha value is -1.31. The summed E-state index contributed by atoms with van der Waals surface area (Å²) < 4.78 is 0. The summed E-state index contributed by atoms with van der Waals surface area (Å²) in [6.45, 7) is 6.64. The molecule has 0 aromatic heterocycles. The Morgan fingerprint density at radius 2 is 2.27 bits per heavy atom. The maximum atomic E-state index is 10.6. The van der Waals surface area contributed by atoms with E-state index in [0.717, 1.165) is 30.9 Å². The highest BCUT2D eigenvalue weighted by atomic mass is 16.1. The Morgan fingerprint density at radius 1 is 1.47 bits per heavy atom. The van der Waals surface area contributed by atoms with Crippen LogP contribution in [0.25, 0.3) is 0 Å². The maximum absolute atomic E-state index is 10.6. The van der Waals surface area contributed by atoms with Crippen LogP contribution in [-0.4, -0.2) is 19.4 Å². The summed E-state index contributed by atoms with van der Waals surface area (Å²) in [6.07, 6.45) is 2.18. The fourth-order valence-electron chi connectivity index (χ4n) is 2.26. The van der Waals surface area contributed by atoms with Gasteiger partial charge in [0.25, 0.3) is 0 Å². The molecule has 1 fully saturated rings. The normalized spacial score (nSPS) is 20.7. The molecule has 1 aliphatic heterocycles. The van der Waals surface area contributed by atoms with E-state index in [0.29, 0.717) is 0 Å². The third-order valence-electron chi connectivity index (χ3n) is 3.12. The van der Waals surface area contributed by atoms with Gasteiger partial charge in [0.15, 0.2) is 0 Å². The minimum atomic E-state index is 0.767. The molecule has 15 heavy (non-hydrogen) atoms.